The smallest absolute Gasteiger partial charge is 0.362 e. The molecule has 0 saturated heterocycles. The maximum Gasteiger partial charge on any atom is 0.362 e. The zero-order valence-electron chi connectivity index (χ0n) is 13.8. The maximum absolute atomic E-state index is 12.1. The number of carbonyl (C=O) groups excluding carboxylic acids is 3. The molecule has 0 unspecified atom stereocenters. The third kappa shape index (κ3) is 3.23. The molecule has 2 aromatic rings. The first-order chi connectivity index (χ1) is 12.5. The van der Waals surface area contributed by atoms with Gasteiger partial charge in [-0.3, -0.25) is 4.79 Å². The number of phenols is 2. The van der Waals surface area contributed by atoms with Crippen molar-refractivity contribution < 1.29 is 29.4 Å². The van der Waals surface area contributed by atoms with Crippen molar-refractivity contribution in [2.24, 2.45) is 0 Å². The first kappa shape index (κ1) is 17.5. The van der Waals surface area contributed by atoms with Crippen LogP contribution < -0.4 is 15.9 Å². The summed E-state index contributed by atoms with van der Waals surface area (Å²) in [6.45, 7) is 0. The molecule has 1 amide bonds. The van der Waals surface area contributed by atoms with E-state index in [1.165, 1.54) is 18.2 Å². The minimum atomic E-state index is -0.821. The second-order valence-corrected chi connectivity index (χ2v) is 5.89. The van der Waals surface area contributed by atoms with Gasteiger partial charge in [-0.1, -0.05) is 12.2 Å². The molecule has 0 atom stereocenters. The molecule has 1 aliphatic rings. The van der Waals surface area contributed by atoms with E-state index in [1.807, 2.05) is 17.6 Å². The number of carbonyl (C=O) groups is 3. The molecule has 1 aliphatic carbocycles. The number of hydrogen-bond acceptors (Lipinski definition) is 6. The Morgan fingerprint density at radius 1 is 1.08 bits per heavy atom. The Kier molecular flexibility index (Phi) is 4.88. The summed E-state index contributed by atoms with van der Waals surface area (Å²) >= 11 is 0. The van der Waals surface area contributed by atoms with Crippen LogP contribution >= 0.6 is 0 Å². The Balaban J connectivity index is 1.92. The minimum absolute atomic E-state index is 0.0200. The van der Waals surface area contributed by atoms with Gasteiger partial charge < -0.3 is 19.8 Å². The average Bonchev–Trinajstić information content (AvgIpc) is 2.68. The van der Waals surface area contributed by atoms with Gasteiger partial charge in [0.2, 0.25) is 0 Å². The molecule has 7 heteroatoms. The van der Waals surface area contributed by atoms with Crippen molar-refractivity contribution in [2.75, 3.05) is 0 Å². The highest BCUT2D eigenvalue weighted by atomic mass is 16.7. The third-order valence-corrected chi connectivity index (χ3v) is 4.18. The second kappa shape index (κ2) is 7.26. The Morgan fingerprint density at radius 2 is 1.73 bits per heavy atom. The van der Waals surface area contributed by atoms with Crippen molar-refractivity contribution in [1.82, 2.24) is 5.48 Å². The molecule has 0 heterocycles. The molecule has 3 rings (SSSR count). The molecule has 0 saturated carbocycles. The number of hydrogen-bond donors (Lipinski definition) is 3. The maximum atomic E-state index is 12.1. The highest BCUT2D eigenvalue weighted by Crippen LogP contribution is 2.28. The molecule has 0 aliphatic heterocycles. The third-order valence-electron chi connectivity index (χ3n) is 4.18. The summed E-state index contributed by atoms with van der Waals surface area (Å²) in [4.78, 5) is 38.4. The van der Waals surface area contributed by atoms with Crippen LogP contribution in [0.5, 0.6) is 11.5 Å². The second-order valence-electron chi connectivity index (χ2n) is 5.89. The van der Waals surface area contributed by atoms with Crippen molar-refractivity contribution in [2.45, 2.75) is 25.7 Å². The van der Waals surface area contributed by atoms with Gasteiger partial charge >= 0.3 is 5.97 Å². The van der Waals surface area contributed by atoms with Crippen LogP contribution in [0.4, 0.5) is 0 Å². The number of aromatic hydroxyl groups is 2. The lowest BCUT2D eigenvalue weighted by Gasteiger charge is -2.11. The summed E-state index contributed by atoms with van der Waals surface area (Å²) in [6.07, 6.45) is 5.77. The first-order valence-corrected chi connectivity index (χ1v) is 8.14. The lowest BCUT2D eigenvalue weighted by atomic mass is 9.98. The number of nitrogens with one attached hydrogen (secondary N) is 1. The predicted molar refractivity (Wildman–Crippen MR) is 93.5 cm³/mol. The summed E-state index contributed by atoms with van der Waals surface area (Å²) in [5.41, 5.74) is 2.07. The van der Waals surface area contributed by atoms with Gasteiger partial charge in [-0.15, -0.1) is 0 Å². The van der Waals surface area contributed by atoms with E-state index in [9.17, 15) is 24.6 Å². The Hall–Kier alpha value is -3.35. The number of amides is 1. The quantitative estimate of drug-likeness (QED) is 0.424. The van der Waals surface area contributed by atoms with E-state index in [4.69, 9.17) is 4.84 Å². The molecule has 0 spiro atoms. The Bertz CT molecular complexity index is 1020. The number of hydroxylamine groups is 1. The van der Waals surface area contributed by atoms with Crippen LogP contribution in [0.2, 0.25) is 0 Å². The van der Waals surface area contributed by atoms with E-state index in [2.05, 4.69) is 0 Å². The van der Waals surface area contributed by atoms with Crippen molar-refractivity contribution in [3.8, 4) is 11.5 Å². The zero-order valence-corrected chi connectivity index (χ0v) is 13.8. The van der Waals surface area contributed by atoms with E-state index in [0.29, 0.717) is 27.5 Å². The van der Waals surface area contributed by atoms with Crippen molar-refractivity contribution in [3.63, 3.8) is 0 Å². The van der Waals surface area contributed by atoms with Gasteiger partial charge in [0, 0.05) is 34.1 Å². The van der Waals surface area contributed by atoms with Gasteiger partial charge in [-0.2, -0.15) is 5.48 Å². The molecule has 134 valence electrons. The fourth-order valence-electron chi connectivity index (χ4n) is 2.89. The van der Waals surface area contributed by atoms with Crippen LogP contribution in [-0.2, 0) is 14.4 Å². The molecular formula is C19H17NO6. The van der Waals surface area contributed by atoms with E-state index in [0.717, 1.165) is 12.8 Å². The molecule has 0 bridgehead atoms. The molecule has 0 aromatic heterocycles. The van der Waals surface area contributed by atoms with E-state index < -0.39 is 11.9 Å². The first-order valence-electron chi connectivity index (χ1n) is 8.14. The number of phenolic OH excluding ortho intramolecular Hbond substituents is 2. The van der Waals surface area contributed by atoms with Gasteiger partial charge in [0.1, 0.15) is 17.8 Å². The highest BCUT2D eigenvalue weighted by molar-refractivity contribution is 6.00. The fourth-order valence-corrected chi connectivity index (χ4v) is 2.89. The predicted octanol–water partition coefficient (Wildman–Crippen LogP) is 0.773. The Labute approximate surface area is 148 Å². The van der Waals surface area contributed by atoms with Gasteiger partial charge in [0.05, 0.1) is 5.56 Å². The SMILES string of the molecule is O=CCCC(=O)NOC(=O)c1ccc2c(O)c3c(c(O)c2c1)=CCCC=3. The number of aldehydes is 1. The van der Waals surface area contributed by atoms with Gasteiger partial charge in [-0.05, 0) is 31.0 Å². The molecule has 7 nitrogen and oxygen atoms in total. The molecular weight excluding hydrogens is 338 g/mol. The summed E-state index contributed by atoms with van der Waals surface area (Å²) in [7, 11) is 0. The summed E-state index contributed by atoms with van der Waals surface area (Å²) in [5.74, 6) is -1.39. The van der Waals surface area contributed by atoms with E-state index in [1.54, 1.807) is 0 Å². The molecule has 3 N–H and O–H groups in total. The number of fused-ring (bicyclic) bond motifs is 2. The molecule has 0 radical (unpaired) electrons. The normalized spacial score (nSPS) is 12.5. The molecule has 26 heavy (non-hydrogen) atoms. The monoisotopic (exact) mass is 355 g/mol. The molecule has 0 fully saturated rings. The molecule has 2 aromatic carbocycles. The fraction of sp³-hybridized carbons (Fsp3) is 0.211. The van der Waals surface area contributed by atoms with Crippen LogP contribution in [0.25, 0.3) is 22.9 Å². The van der Waals surface area contributed by atoms with E-state index >= 15 is 0 Å². The lowest BCUT2D eigenvalue weighted by Crippen LogP contribution is -2.28. The van der Waals surface area contributed by atoms with Crippen LogP contribution in [0, 0.1) is 0 Å². The zero-order chi connectivity index (χ0) is 18.7. The van der Waals surface area contributed by atoms with Crippen molar-refractivity contribution >= 4 is 41.1 Å². The standard InChI is InChI=1S/C19H17NO6/c21-9-3-6-16(22)20-26-19(25)11-7-8-14-15(10-11)18(24)13-5-2-1-4-12(13)17(14)23/h4-5,7-10,23-24H,1-3,6H2,(H,20,22). The summed E-state index contributed by atoms with van der Waals surface area (Å²) in [5, 5.41) is 22.8. The number of rotatable bonds is 4. The van der Waals surface area contributed by atoms with Gasteiger partial charge in [0.25, 0.3) is 5.91 Å². The van der Waals surface area contributed by atoms with Crippen LogP contribution in [-0.4, -0.2) is 28.4 Å². The summed E-state index contributed by atoms with van der Waals surface area (Å²) in [6, 6.07) is 4.34. The largest absolute Gasteiger partial charge is 0.507 e. The lowest BCUT2D eigenvalue weighted by molar-refractivity contribution is -0.130. The van der Waals surface area contributed by atoms with Crippen LogP contribution in [0.15, 0.2) is 18.2 Å². The highest BCUT2D eigenvalue weighted by Gasteiger charge is 2.16. The number of benzene rings is 2. The van der Waals surface area contributed by atoms with Crippen LogP contribution in [0.3, 0.4) is 0 Å². The van der Waals surface area contributed by atoms with Crippen LogP contribution in [0.1, 0.15) is 36.0 Å². The topological polar surface area (TPSA) is 113 Å². The van der Waals surface area contributed by atoms with Crippen molar-refractivity contribution in [3.05, 3.63) is 34.2 Å². The van der Waals surface area contributed by atoms with E-state index in [-0.39, 0.29) is 29.9 Å². The Morgan fingerprint density at radius 3 is 2.38 bits per heavy atom. The summed E-state index contributed by atoms with van der Waals surface area (Å²) < 4.78 is 0. The van der Waals surface area contributed by atoms with Gasteiger partial charge in [0.15, 0.2) is 0 Å². The average molecular weight is 355 g/mol. The minimum Gasteiger partial charge on any atom is -0.507 e. The van der Waals surface area contributed by atoms with Gasteiger partial charge in [-0.25, -0.2) is 4.79 Å². The van der Waals surface area contributed by atoms with Crippen molar-refractivity contribution in [1.29, 1.82) is 0 Å².